The second kappa shape index (κ2) is 12.1. The highest BCUT2D eigenvalue weighted by atomic mass is 16.5. The maximum absolute atomic E-state index is 12.6. The standard InChI is InChI=1S/C33H56O4/c1-22(2)8-7-9-23(3)28-12-13-29-27-11-10-25-20-26(37-31(35)24(4)21-36-19-18-34)14-16-32(25,5)30(27)15-17-33(28,29)6/h22-23,25-30,34H,4,7-21H2,1-3,5-6H3/t23-,25+,26+,27+,28-,29+,30+,32+,33-/m1/s1. The lowest BCUT2D eigenvalue weighted by atomic mass is 9.44. The highest BCUT2D eigenvalue weighted by Gasteiger charge is 2.60. The number of carbonyl (C=O) groups excluding carboxylic acids is 1. The Bertz CT molecular complexity index is 791. The van der Waals surface area contributed by atoms with E-state index >= 15 is 0 Å². The lowest BCUT2D eigenvalue weighted by Gasteiger charge is -2.61. The molecule has 0 spiro atoms. The van der Waals surface area contributed by atoms with Crippen molar-refractivity contribution in [3.63, 3.8) is 0 Å². The summed E-state index contributed by atoms with van der Waals surface area (Å²) in [5, 5.41) is 8.87. The van der Waals surface area contributed by atoms with E-state index in [0.717, 1.165) is 48.3 Å². The lowest BCUT2D eigenvalue weighted by Crippen LogP contribution is -2.54. The Balaban J connectivity index is 1.35. The van der Waals surface area contributed by atoms with Crippen LogP contribution in [0, 0.1) is 52.3 Å². The van der Waals surface area contributed by atoms with Crippen LogP contribution in [0.25, 0.3) is 0 Å². The fourth-order valence-electron chi connectivity index (χ4n) is 9.90. The Morgan fingerprint density at radius 1 is 0.973 bits per heavy atom. The van der Waals surface area contributed by atoms with Crippen LogP contribution in [-0.4, -0.2) is 37.0 Å². The fourth-order valence-corrected chi connectivity index (χ4v) is 9.90. The van der Waals surface area contributed by atoms with Crippen molar-refractivity contribution in [2.45, 2.75) is 118 Å². The summed E-state index contributed by atoms with van der Waals surface area (Å²) < 4.78 is 11.2. The van der Waals surface area contributed by atoms with Gasteiger partial charge in [-0.25, -0.2) is 4.79 Å². The van der Waals surface area contributed by atoms with E-state index in [4.69, 9.17) is 14.6 Å². The molecular weight excluding hydrogens is 460 g/mol. The third kappa shape index (κ3) is 6.01. The Hall–Kier alpha value is -0.870. The van der Waals surface area contributed by atoms with Gasteiger partial charge in [0.2, 0.25) is 0 Å². The molecule has 0 aliphatic heterocycles. The Labute approximate surface area is 227 Å². The molecule has 4 saturated carbocycles. The number of fused-ring (bicyclic) bond motifs is 5. The van der Waals surface area contributed by atoms with Crippen LogP contribution in [0.2, 0.25) is 0 Å². The van der Waals surface area contributed by atoms with Crippen LogP contribution in [0.15, 0.2) is 12.2 Å². The number of ether oxygens (including phenoxy) is 2. The van der Waals surface area contributed by atoms with Gasteiger partial charge in [0.25, 0.3) is 0 Å². The predicted octanol–water partition coefficient (Wildman–Crippen LogP) is 7.58. The summed E-state index contributed by atoms with van der Waals surface area (Å²) >= 11 is 0. The number of esters is 1. The van der Waals surface area contributed by atoms with E-state index in [1.54, 1.807) is 0 Å². The minimum Gasteiger partial charge on any atom is -0.459 e. The van der Waals surface area contributed by atoms with E-state index in [2.05, 4.69) is 41.2 Å². The van der Waals surface area contributed by atoms with Crippen molar-refractivity contribution in [1.82, 2.24) is 0 Å². The monoisotopic (exact) mass is 516 g/mol. The number of aliphatic hydroxyl groups is 1. The van der Waals surface area contributed by atoms with Crippen molar-refractivity contribution in [2.75, 3.05) is 19.8 Å². The SMILES string of the molecule is C=C(COCCO)C(=O)O[C@H]1CC[C@@]2(C)[C@@H](CC[C@@H]3[C@@H]2CC[C@]2(C)[C@@H]([C@H](C)CCCC(C)C)CC[C@@H]32)C1. The number of aliphatic hydroxyl groups excluding tert-OH is 1. The van der Waals surface area contributed by atoms with Crippen LogP contribution in [-0.2, 0) is 14.3 Å². The van der Waals surface area contributed by atoms with Crippen molar-refractivity contribution < 1.29 is 19.4 Å². The van der Waals surface area contributed by atoms with E-state index in [9.17, 15) is 4.79 Å². The first-order valence-corrected chi connectivity index (χ1v) is 15.7. The summed E-state index contributed by atoms with van der Waals surface area (Å²) in [4.78, 5) is 12.6. The molecule has 37 heavy (non-hydrogen) atoms. The molecule has 0 bridgehead atoms. The lowest BCUT2D eigenvalue weighted by molar-refractivity contribution is -0.159. The van der Waals surface area contributed by atoms with Crippen molar-refractivity contribution >= 4 is 5.97 Å². The summed E-state index contributed by atoms with van der Waals surface area (Å²) in [6, 6.07) is 0. The molecule has 0 aromatic rings. The summed E-state index contributed by atoms with van der Waals surface area (Å²) in [5.41, 5.74) is 1.30. The zero-order valence-electron chi connectivity index (χ0n) is 24.6. The van der Waals surface area contributed by atoms with E-state index in [0.29, 0.717) is 22.3 Å². The number of hydrogen-bond donors (Lipinski definition) is 1. The molecule has 4 aliphatic carbocycles. The molecule has 4 heteroatoms. The molecule has 212 valence electrons. The quantitative estimate of drug-likeness (QED) is 0.175. The molecule has 1 N–H and O–H groups in total. The van der Waals surface area contributed by atoms with E-state index in [1.807, 2.05) is 0 Å². The van der Waals surface area contributed by atoms with E-state index in [1.165, 1.54) is 64.2 Å². The first-order chi connectivity index (χ1) is 17.6. The van der Waals surface area contributed by atoms with Crippen molar-refractivity contribution in [2.24, 2.45) is 52.3 Å². The summed E-state index contributed by atoms with van der Waals surface area (Å²) in [6.07, 6.45) is 15.8. The third-order valence-corrected chi connectivity index (χ3v) is 11.9. The molecule has 4 aliphatic rings. The molecular formula is C33H56O4. The van der Waals surface area contributed by atoms with Crippen LogP contribution < -0.4 is 0 Å². The van der Waals surface area contributed by atoms with Gasteiger partial charge in [0, 0.05) is 0 Å². The first-order valence-electron chi connectivity index (χ1n) is 15.7. The average molecular weight is 517 g/mol. The van der Waals surface area contributed by atoms with Crippen LogP contribution in [0.3, 0.4) is 0 Å². The molecule has 0 aromatic carbocycles. The molecule has 0 unspecified atom stereocenters. The molecule has 0 heterocycles. The van der Waals surface area contributed by atoms with Gasteiger partial charge in [0.15, 0.2) is 0 Å². The molecule has 4 rings (SSSR count). The van der Waals surface area contributed by atoms with Gasteiger partial charge in [-0.05, 0) is 110 Å². The average Bonchev–Trinajstić information content (AvgIpc) is 3.21. The number of hydrogen-bond acceptors (Lipinski definition) is 4. The molecule has 0 radical (unpaired) electrons. The minimum absolute atomic E-state index is 0.00752. The van der Waals surface area contributed by atoms with Gasteiger partial charge in [-0.3, -0.25) is 0 Å². The highest BCUT2D eigenvalue weighted by molar-refractivity contribution is 5.88. The van der Waals surface area contributed by atoms with Crippen LogP contribution in [0.5, 0.6) is 0 Å². The highest BCUT2D eigenvalue weighted by Crippen LogP contribution is 2.68. The molecule has 0 amide bonds. The van der Waals surface area contributed by atoms with E-state index < -0.39 is 0 Å². The number of carbonyl (C=O) groups is 1. The molecule has 9 atom stereocenters. The van der Waals surface area contributed by atoms with Crippen molar-refractivity contribution in [1.29, 1.82) is 0 Å². The molecule has 4 fully saturated rings. The number of rotatable bonds is 11. The van der Waals surface area contributed by atoms with Crippen molar-refractivity contribution in [3.8, 4) is 0 Å². The second-order valence-corrected chi connectivity index (χ2v) is 14.4. The Morgan fingerprint density at radius 2 is 1.70 bits per heavy atom. The summed E-state index contributed by atoms with van der Waals surface area (Å²) in [5.74, 6) is 5.61. The summed E-state index contributed by atoms with van der Waals surface area (Å²) in [6.45, 7) is 16.7. The molecule has 0 aromatic heterocycles. The normalized spacial score (nSPS) is 40.0. The van der Waals surface area contributed by atoms with Gasteiger partial charge >= 0.3 is 5.97 Å². The summed E-state index contributed by atoms with van der Waals surface area (Å²) in [7, 11) is 0. The Kier molecular flexibility index (Phi) is 9.53. The first kappa shape index (κ1) is 29.1. The minimum atomic E-state index is -0.326. The second-order valence-electron chi connectivity index (χ2n) is 14.4. The molecule has 4 nitrogen and oxygen atoms in total. The third-order valence-electron chi connectivity index (χ3n) is 11.9. The van der Waals surface area contributed by atoms with E-state index in [-0.39, 0.29) is 31.9 Å². The predicted molar refractivity (Wildman–Crippen MR) is 150 cm³/mol. The smallest absolute Gasteiger partial charge is 0.336 e. The topological polar surface area (TPSA) is 55.8 Å². The van der Waals surface area contributed by atoms with Crippen molar-refractivity contribution in [3.05, 3.63) is 12.2 Å². The largest absolute Gasteiger partial charge is 0.459 e. The zero-order chi connectivity index (χ0) is 26.8. The van der Waals surface area contributed by atoms with Crippen LogP contribution in [0.4, 0.5) is 0 Å². The Morgan fingerprint density at radius 3 is 2.43 bits per heavy atom. The fraction of sp³-hybridized carbons (Fsp3) is 0.909. The van der Waals surface area contributed by atoms with Gasteiger partial charge in [-0.15, -0.1) is 0 Å². The zero-order valence-corrected chi connectivity index (χ0v) is 24.6. The molecule has 0 saturated heterocycles. The van der Waals surface area contributed by atoms with Gasteiger partial charge in [-0.2, -0.15) is 0 Å². The maximum atomic E-state index is 12.6. The van der Waals surface area contributed by atoms with Gasteiger partial charge in [-0.1, -0.05) is 60.5 Å². The van der Waals surface area contributed by atoms with Crippen LogP contribution in [0.1, 0.15) is 112 Å². The van der Waals surface area contributed by atoms with Crippen LogP contribution >= 0.6 is 0 Å². The van der Waals surface area contributed by atoms with Gasteiger partial charge < -0.3 is 14.6 Å². The maximum Gasteiger partial charge on any atom is 0.336 e. The van der Waals surface area contributed by atoms with Gasteiger partial charge in [0.1, 0.15) is 6.10 Å². The van der Waals surface area contributed by atoms with Gasteiger partial charge in [0.05, 0.1) is 25.4 Å².